The second-order valence-corrected chi connectivity index (χ2v) is 9.53. The van der Waals surface area contributed by atoms with Crippen LogP contribution in [-0.4, -0.2) is 37.5 Å². The van der Waals surface area contributed by atoms with Gasteiger partial charge in [-0.3, -0.25) is 4.79 Å². The van der Waals surface area contributed by atoms with E-state index in [4.69, 9.17) is 0 Å². The van der Waals surface area contributed by atoms with Crippen molar-refractivity contribution in [2.75, 3.05) is 18.8 Å². The molecule has 3 rings (SSSR count). The van der Waals surface area contributed by atoms with E-state index in [2.05, 4.69) is 5.32 Å². The van der Waals surface area contributed by atoms with Crippen LogP contribution in [0.15, 0.2) is 52.3 Å². The molecular formula is C20H23FN2O3S2. The first-order valence-electron chi connectivity index (χ1n) is 9.20. The van der Waals surface area contributed by atoms with E-state index in [9.17, 15) is 17.6 Å². The van der Waals surface area contributed by atoms with Gasteiger partial charge in [-0.05, 0) is 54.4 Å². The van der Waals surface area contributed by atoms with Crippen molar-refractivity contribution in [1.29, 1.82) is 0 Å². The summed E-state index contributed by atoms with van der Waals surface area (Å²) >= 11 is 1.65. The first-order chi connectivity index (χ1) is 13.4. The minimum Gasteiger partial charge on any atom is -0.345 e. The molecule has 0 fully saturated rings. The highest BCUT2D eigenvalue weighted by Crippen LogP contribution is 2.36. The molecule has 0 aliphatic carbocycles. The topological polar surface area (TPSA) is 66.5 Å². The summed E-state index contributed by atoms with van der Waals surface area (Å²) in [5.41, 5.74) is 1.15. The van der Waals surface area contributed by atoms with Gasteiger partial charge >= 0.3 is 0 Å². The highest BCUT2D eigenvalue weighted by atomic mass is 32.2. The van der Waals surface area contributed by atoms with Crippen LogP contribution < -0.4 is 5.32 Å². The molecule has 1 heterocycles. The van der Waals surface area contributed by atoms with Crippen molar-refractivity contribution >= 4 is 27.7 Å². The van der Waals surface area contributed by atoms with Gasteiger partial charge in [-0.2, -0.15) is 4.31 Å². The predicted octanol–water partition coefficient (Wildman–Crippen LogP) is 3.82. The van der Waals surface area contributed by atoms with Gasteiger partial charge in [-0.25, -0.2) is 12.8 Å². The number of thioether (sulfide) groups is 1. The molecule has 1 atom stereocenters. The summed E-state index contributed by atoms with van der Waals surface area (Å²) in [5, 5.41) is 2.94. The van der Waals surface area contributed by atoms with Gasteiger partial charge in [0, 0.05) is 29.3 Å². The van der Waals surface area contributed by atoms with Gasteiger partial charge in [-0.1, -0.05) is 13.8 Å². The Kier molecular flexibility index (Phi) is 6.42. The number of sulfonamides is 1. The average Bonchev–Trinajstić information content (AvgIpc) is 2.69. The predicted molar refractivity (Wildman–Crippen MR) is 108 cm³/mol. The molecule has 8 heteroatoms. The van der Waals surface area contributed by atoms with E-state index in [1.54, 1.807) is 31.7 Å². The number of hydrogen-bond acceptors (Lipinski definition) is 4. The molecule has 0 unspecified atom stereocenters. The van der Waals surface area contributed by atoms with E-state index in [-0.39, 0.29) is 22.7 Å². The van der Waals surface area contributed by atoms with E-state index < -0.39 is 10.0 Å². The van der Waals surface area contributed by atoms with Crippen LogP contribution in [0.5, 0.6) is 0 Å². The number of nitrogens with zero attached hydrogens (tertiary/aromatic N) is 1. The third-order valence-corrected chi connectivity index (χ3v) is 7.96. The molecule has 0 spiro atoms. The molecule has 0 saturated heterocycles. The van der Waals surface area contributed by atoms with Crippen LogP contribution >= 0.6 is 11.8 Å². The van der Waals surface area contributed by atoms with E-state index in [1.165, 1.54) is 40.7 Å². The molecule has 0 aromatic heterocycles. The Hall–Kier alpha value is -1.90. The number of carbonyl (C=O) groups is 1. The molecule has 2 aromatic carbocycles. The Morgan fingerprint density at radius 2 is 1.86 bits per heavy atom. The van der Waals surface area contributed by atoms with Gasteiger partial charge in [0.15, 0.2) is 0 Å². The van der Waals surface area contributed by atoms with E-state index in [0.717, 1.165) is 16.2 Å². The van der Waals surface area contributed by atoms with Crippen LogP contribution in [0.25, 0.3) is 0 Å². The van der Waals surface area contributed by atoms with E-state index in [1.807, 2.05) is 0 Å². The lowest BCUT2D eigenvalue weighted by Gasteiger charge is -2.26. The van der Waals surface area contributed by atoms with Crippen LogP contribution in [0.4, 0.5) is 4.39 Å². The molecule has 1 aliphatic rings. The number of rotatable bonds is 6. The maximum absolute atomic E-state index is 13.6. The number of fused-ring (bicyclic) bond motifs is 1. The number of nitrogens with one attached hydrogen (secondary N) is 1. The van der Waals surface area contributed by atoms with Crippen molar-refractivity contribution in [3.05, 3.63) is 59.4 Å². The van der Waals surface area contributed by atoms with Crippen LogP contribution in [0.2, 0.25) is 0 Å². The summed E-state index contributed by atoms with van der Waals surface area (Å²) in [4.78, 5) is 13.8. The van der Waals surface area contributed by atoms with Gasteiger partial charge in [0.05, 0.1) is 10.9 Å². The summed E-state index contributed by atoms with van der Waals surface area (Å²) in [6.45, 7) is 4.34. The third kappa shape index (κ3) is 4.24. The number of amides is 1. The zero-order valence-corrected chi connectivity index (χ0v) is 17.4. The SMILES string of the molecule is CCN(CC)S(=O)(=O)c1ccc(C(=O)N[C@@H]2CCSc3ccc(F)cc32)cc1. The van der Waals surface area contributed by atoms with Crippen LogP contribution in [0.1, 0.15) is 42.2 Å². The molecule has 0 radical (unpaired) electrons. The van der Waals surface area contributed by atoms with Crippen LogP contribution in [-0.2, 0) is 10.0 Å². The fourth-order valence-electron chi connectivity index (χ4n) is 3.25. The van der Waals surface area contributed by atoms with Crippen molar-refractivity contribution in [2.45, 2.75) is 36.1 Å². The van der Waals surface area contributed by atoms with Crippen molar-refractivity contribution in [2.24, 2.45) is 0 Å². The lowest BCUT2D eigenvalue weighted by atomic mass is 10.0. The molecule has 1 N–H and O–H groups in total. The van der Waals surface area contributed by atoms with Crippen LogP contribution in [0.3, 0.4) is 0 Å². The monoisotopic (exact) mass is 422 g/mol. The molecule has 0 saturated carbocycles. The van der Waals surface area contributed by atoms with Crippen molar-refractivity contribution in [1.82, 2.24) is 9.62 Å². The summed E-state index contributed by atoms with van der Waals surface area (Å²) in [6.07, 6.45) is 0.710. The average molecular weight is 423 g/mol. The van der Waals surface area contributed by atoms with Gasteiger partial charge in [0.1, 0.15) is 5.82 Å². The summed E-state index contributed by atoms with van der Waals surface area (Å²) in [7, 11) is -3.56. The normalized spacial score (nSPS) is 16.6. The quantitative estimate of drug-likeness (QED) is 0.769. The summed E-state index contributed by atoms with van der Waals surface area (Å²) in [6, 6.07) is 10.3. The Labute approximate surface area is 169 Å². The number of hydrogen-bond donors (Lipinski definition) is 1. The summed E-state index contributed by atoms with van der Waals surface area (Å²) in [5.74, 6) is 0.204. The van der Waals surface area contributed by atoms with Crippen molar-refractivity contribution in [3.63, 3.8) is 0 Å². The maximum atomic E-state index is 13.6. The molecule has 5 nitrogen and oxygen atoms in total. The first kappa shape index (κ1) is 20.8. The number of halogens is 1. The lowest BCUT2D eigenvalue weighted by molar-refractivity contribution is 0.0934. The molecule has 0 bridgehead atoms. The smallest absolute Gasteiger partial charge is 0.251 e. The zero-order chi connectivity index (χ0) is 20.3. The standard InChI is InChI=1S/C20H23FN2O3S2/c1-3-23(4-2)28(25,26)16-8-5-14(6-9-16)20(24)22-18-11-12-27-19-10-7-15(21)13-17(18)19/h5-10,13,18H,3-4,11-12H2,1-2H3,(H,22,24)/t18-/m1/s1. The first-order valence-corrected chi connectivity index (χ1v) is 11.6. The highest BCUT2D eigenvalue weighted by molar-refractivity contribution is 7.99. The second kappa shape index (κ2) is 8.63. The van der Waals surface area contributed by atoms with Gasteiger partial charge < -0.3 is 5.32 Å². The largest absolute Gasteiger partial charge is 0.345 e. The third-order valence-electron chi connectivity index (χ3n) is 4.78. The highest BCUT2D eigenvalue weighted by Gasteiger charge is 2.25. The molecule has 28 heavy (non-hydrogen) atoms. The minimum atomic E-state index is -3.56. The Morgan fingerprint density at radius 1 is 1.18 bits per heavy atom. The van der Waals surface area contributed by atoms with Crippen molar-refractivity contribution < 1.29 is 17.6 Å². The zero-order valence-electron chi connectivity index (χ0n) is 15.8. The molecule has 1 amide bonds. The lowest BCUT2D eigenvalue weighted by Crippen LogP contribution is -2.31. The van der Waals surface area contributed by atoms with Crippen LogP contribution in [0, 0.1) is 5.82 Å². The molecular weight excluding hydrogens is 399 g/mol. The minimum absolute atomic E-state index is 0.161. The van der Waals surface area contributed by atoms with E-state index in [0.29, 0.717) is 25.1 Å². The Balaban J connectivity index is 1.77. The molecule has 2 aromatic rings. The van der Waals surface area contributed by atoms with Crippen molar-refractivity contribution in [3.8, 4) is 0 Å². The second-order valence-electron chi connectivity index (χ2n) is 6.46. The van der Waals surface area contributed by atoms with Gasteiger partial charge in [-0.15, -0.1) is 11.8 Å². The fraction of sp³-hybridized carbons (Fsp3) is 0.350. The Bertz CT molecular complexity index is 958. The van der Waals surface area contributed by atoms with Gasteiger partial charge in [0.25, 0.3) is 5.91 Å². The Morgan fingerprint density at radius 3 is 2.50 bits per heavy atom. The molecule has 150 valence electrons. The summed E-state index contributed by atoms with van der Waals surface area (Å²) < 4.78 is 40.1. The number of benzene rings is 2. The number of carbonyl (C=O) groups excluding carboxylic acids is 1. The van der Waals surface area contributed by atoms with Gasteiger partial charge in [0.2, 0.25) is 10.0 Å². The fourth-order valence-corrected chi connectivity index (χ4v) is 5.81. The maximum Gasteiger partial charge on any atom is 0.251 e. The van der Waals surface area contributed by atoms with E-state index >= 15 is 0 Å². The molecule has 1 aliphatic heterocycles.